The van der Waals surface area contributed by atoms with Crippen LogP contribution in [0.4, 0.5) is 0 Å². The Morgan fingerprint density at radius 1 is 0.923 bits per heavy atom. The van der Waals surface area contributed by atoms with E-state index in [1.807, 2.05) is 12.4 Å². The lowest BCUT2D eigenvalue weighted by molar-refractivity contribution is -0.701. The van der Waals surface area contributed by atoms with Crippen molar-refractivity contribution in [3.63, 3.8) is 0 Å². The first kappa shape index (κ1) is 25.0. The van der Waals surface area contributed by atoms with Gasteiger partial charge in [-0.1, -0.05) is 84.0 Å². The topological polar surface area (TPSA) is 62.8 Å². The van der Waals surface area contributed by atoms with Crippen molar-refractivity contribution >= 4 is 5.91 Å². The van der Waals surface area contributed by atoms with Gasteiger partial charge in [0, 0.05) is 6.42 Å². The maximum absolute atomic E-state index is 10.9. The zero-order chi connectivity index (χ0) is 18.2. The van der Waals surface area contributed by atoms with Crippen LogP contribution in [0.3, 0.4) is 0 Å². The Balaban J connectivity index is 0.00000625. The van der Waals surface area contributed by atoms with Gasteiger partial charge in [0.05, 0.1) is 13.0 Å². The van der Waals surface area contributed by atoms with Gasteiger partial charge in [0.1, 0.15) is 12.4 Å². The SMILES string of the molecule is CCCCCCCCCCCCCCCc1[nH]cc[n+]1CCC(N)=O.[Cl-]. The lowest BCUT2D eigenvalue weighted by atomic mass is 10.0. The molecule has 0 saturated carbocycles. The Labute approximate surface area is 166 Å². The van der Waals surface area contributed by atoms with Crippen molar-refractivity contribution in [2.75, 3.05) is 0 Å². The van der Waals surface area contributed by atoms with Crippen molar-refractivity contribution in [2.45, 2.75) is 110 Å². The molecule has 1 aromatic rings. The molecule has 0 saturated heterocycles. The molecule has 0 radical (unpaired) electrons. The minimum Gasteiger partial charge on any atom is -1.00 e. The van der Waals surface area contributed by atoms with E-state index in [1.54, 1.807) is 0 Å². The van der Waals surface area contributed by atoms with Crippen LogP contribution in [0.5, 0.6) is 0 Å². The number of primary amides is 1. The highest BCUT2D eigenvalue weighted by molar-refractivity contribution is 5.73. The van der Waals surface area contributed by atoms with E-state index in [9.17, 15) is 4.79 Å². The van der Waals surface area contributed by atoms with E-state index in [1.165, 1.54) is 89.3 Å². The Bertz CT molecular complexity index is 448. The van der Waals surface area contributed by atoms with E-state index < -0.39 is 0 Å². The van der Waals surface area contributed by atoms with Gasteiger partial charge in [-0.05, 0) is 6.42 Å². The van der Waals surface area contributed by atoms with Crippen molar-refractivity contribution in [3.05, 3.63) is 18.2 Å². The molecule has 0 atom stereocenters. The summed E-state index contributed by atoms with van der Waals surface area (Å²) in [5.74, 6) is 0.977. The van der Waals surface area contributed by atoms with Gasteiger partial charge in [0.2, 0.25) is 5.91 Å². The second-order valence-corrected chi connectivity index (χ2v) is 7.31. The van der Waals surface area contributed by atoms with E-state index in [0.717, 1.165) is 6.42 Å². The molecule has 1 aromatic heterocycles. The van der Waals surface area contributed by atoms with E-state index in [0.29, 0.717) is 13.0 Å². The summed E-state index contributed by atoms with van der Waals surface area (Å²) in [4.78, 5) is 14.2. The van der Waals surface area contributed by atoms with Crippen molar-refractivity contribution in [3.8, 4) is 0 Å². The van der Waals surface area contributed by atoms with Crippen LogP contribution < -0.4 is 22.7 Å². The first-order valence-electron chi connectivity index (χ1n) is 10.6. The van der Waals surface area contributed by atoms with Crippen LogP contribution in [-0.2, 0) is 17.8 Å². The smallest absolute Gasteiger partial charge is 0.254 e. The number of nitrogens with zero attached hydrogens (tertiary/aromatic N) is 1. The number of nitrogens with two attached hydrogens (primary N) is 1. The molecule has 26 heavy (non-hydrogen) atoms. The number of nitrogens with one attached hydrogen (secondary N) is 1. The Morgan fingerprint density at radius 3 is 1.92 bits per heavy atom. The fourth-order valence-corrected chi connectivity index (χ4v) is 3.36. The highest BCUT2D eigenvalue weighted by Crippen LogP contribution is 2.12. The van der Waals surface area contributed by atoms with Gasteiger partial charge in [-0.3, -0.25) is 4.79 Å². The number of halogens is 1. The minimum atomic E-state index is -0.236. The highest BCUT2D eigenvalue weighted by atomic mass is 35.5. The third kappa shape index (κ3) is 13.2. The number of unbranched alkanes of at least 4 members (excludes halogenated alkanes) is 12. The number of hydrogen-bond acceptors (Lipinski definition) is 1. The zero-order valence-corrected chi connectivity index (χ0v) is 17.5. The number of carbonyl (C=O) groups is 1. The predicted molar refractivity (Wildman–Crippen MR) is 104 cm³/mol. The van der Waals surface area contributed by atoms with E-state index in [4.69, 9.17) is 5.73 Å². The van der Waals surface area contributed by atoms with Gasteiger partial charge in [-0.25, -0.2) is 9.55 Å². The van der Waals surface area contributed by atoms with Crippen LogP contribution in [-0.4, -0.2) is 10.9 Å². The van der Waals surface area contributed by atoms with Gasteiger partial charge < -0.3 is 18.1 Å². The monoisotopic (exact) mass is 385 g/mol. The summed E-state index contributed by atoms with van der Waals surface area (Å²) >= 11 is 0. The van der Waals surface area contributed by atoms with Crippen molar-refractivity contribution in [1.29, 1.82) is 0 Å². The lowest BCUT2D eigenvalue weighted by Crippen LogP contribution is -3.00. The molecule has 0 aliphatic rings. The molecule has 4 nitrogen and oxygen atoms in total. The molecule has 0 spiro atoms. The molecule has 0 aliphatic carbocycles. The summed E-state index contributed by atoms with van der Waals surface area (Å²) < 4.78 is 2.12. The number of rotatable bonds is 17. The van der Waals surface area contributed by atoms with Crippen molar-refractivity contribution in [1.82, 2.24) is 4.98 Å². The summed E-state index contributed by atoms with van der Waals surface area (Å²) in [7, 11) is 0. The second-order valence-electron chi connectivity index (χ2n) is 7.31. The average molecular weight is 386 g/mol. The zero-order valence-electron chi connectivity index (χ0n) is 16.8. The summed E-state index contributed by atoms with van der Waals surface area (Å²) in [6.45, 7) is 2.96. The molecule has 0 bridgehead atoms. The van der Waals surface area contributed by atoms with Gasteiger partial charge in [0.15, 0.2) is 0 Å². The van der Waals surface area contributed by atoms with Crippen LogP contribution in [0.2, 0.25) is 0 Å². The number of aromatic amines is 1. The van der Waals surface area contributed by atoms with Crippen molar-refractivity contribution < 1.29 is 21.8 Å². The maximum Gasteiger partial charge on any atom is 0.254 e. The molecule has 1 rings (SSSR count). The summed E-state index contributed by atoms with van der Waals surface area (Å²) in [6.07, 6.45) is 23.4. The standard InChI is InChI=1S/C21H39N3O.ClH/c1-2-3-4-5-6-7-8-9-10-11-12-13-14-15-21-23-17-19-24(21)18-16-20(22)25;/h17,19H,2-16,18H2,1H3,(H2,22,25);1H. The molecule has 0 unspecified atom stereocenters. The Hall–Kier alpha value is -1.03. The molecule has 152 valence electrons. The van der Waals surface area contributed by atoms with Gasteiger partial charge in [0.25, 0.3) is 5.82 Å². The number of H-pyrrole nitrogens is 1. The number of aryl methyl sites for hydroxylation is 2. The lowest BCUT2D eigenvalue weighted by Gasteiger charge is -2.03. The van der Waals surface area contributed by atoms with E-state index in [2.05, 4.69) is 16.5 Å². The second kappa shape index (κ2) is 17.4. The van der Waals surface area contributed by atoms with E-state index >= 15 is 0 Å². The largest absolute Gasteiger partial charge is 1.00 e. The predicted octanol–water partition coefficient (Wildman–Crippen LogP) is 1.82. The van der Waals surface area contributed by atoms with Crippen LogP contribution in [0.25, 0.3) is 0 Å². The number of amides is 1. The number of hydrogen-bond donors (Lipinski definition) is 2. The third-order valence-corrected chi connectivity index (χ3v) is 4.97. The molecule has 0 aromatic carbocycles. The fourth-order valence-electron chi connectivity index (χ4n) is 3.36. The van der Waals surface area contributed by atoms with Crippen molar-refractivity contribution in [2.24, 2.45) is 5.73 Å². The third-order valence-electron chi connectivity index (χ3n) is 4.97. The fraction of sp³-hybridized carbons (Fsp3) is 0.810. The number of aromatic nitrogens is 2. The maximum atomic E-state index is 10.9. The molecule has 1 amide bonds. The van der Waals surface area contributed by atoms with Gasteiger partial charge in [-0.2, -0.15) is 0 Å². The molecule has 3 N–H and O–H groups in total. The average Bonchev–Trinajstić information content (AvgIpc) is 3.04. The molecule has 0 aliphatic heterocycles. The minimum absolute atomic E-state index is 0. The van der Waals surface area contributed by atoms with Crippen LogP contribution in [0.15, 0.2) is 12.4 Å². The molecular weight excluding hydrogens is 346 g/mol. The highest BCUT2D eigenvalue weighted by Gasteiger charge is 2.10. The summed E-state index contributed by atoms with van der Waals surface area (Å²) in [5.41, 5.74) is 5.22. The Kier molecular flexibility index (Phi) is 16.7. The first-order chi connectivity index (χ1) is 12.2. The van der Waals surface area contributed by atoms with E-state index in [-0.39, 0.29) is 18.3 Å². The molecule has 1 heterocycles. The Morgan fingerprint density at radius 2 is 1.42 bits per heavy atom. The molecule has 0 fully saturated rings. The first-order valence-corrected chi connectivity index (χ1v) is 10.6. The van der Waals surface area contributed by atoms with Gasteiger partial charge >= 0.3 is 0 Å². The van der Waals surface area contributed by atoms with Crippen LogP contribution in [0, 0.1) is 0 Å². The summed E-state index contributed by atoms with van der Waals surface area (Å²) in [5, 5.41) is 0. The molecule has 5 heteroatoms. The van der Waals surface area contributed by atoms with Crippen LogP contribution in [0.1, 0.15) is 103 Å². The molecular formula is C21H40ClN3O. The normalized spacial score (nSPS) is 10.7. The quantitative estimate of drug-likeness (QED) is 0.312. The van der Waals surface area contributed by atoms with Crippen LogP contribution >= 0.6 is 0 Å². The van der Waals surface area contributed by atoms with Gasteiger partial charge in [-0.15, -0.1) is 0 Å². The summed E-state index contributed by atoms with van der Waals surface area (Å²) in [6, 6.07) is 0. The number of carbonyl (C=O) groups excluding carboxylic acids is 1. The number of imidazole rings is 1.